The van der Waals surface area contributed by atoms with Crippen LogP contribution in [0, 0.1) is 5.82 Å². The van der Waals surface area contributed by atoms with Crippen LogP contribution in [0.1, 0.15) is 11.3 Å². The maximum atomic E-state index is 13.6. The number of hydrogen-bond acceptors (Lipinski definition) is 2. The second-order valence-corrected chi connectivity index (χ2v) is 5.90. The Morgan fingerprint density at radius 1 is 0.917 bits per heavy atom. The van der Waals surface area contributed by atoms with Crippen LogP contribution in [0.3, 0.4) is 0 Å². The second-order valence-electron chi connectivity index (χ2n) is 5.90. The number of carbonyl (C=O) groups is 2. The lowest BCUT2D eigenvalue weighted by atomic mass is 10.1. The Morgan fingerprint density at radius 3 is 2.12 bits per heavy atom. The molecule has 0 unspecified atom stereocenters. The highest BCUT2D eigenvalue weighted by atomic mass is 19.1. The SMILES string of the molecule is O=C(Cc1ccc[nH]1)N1CCN(C(=O)Cc2ccccc2F)CC1. The standard InChI is InChI=1S/C18H20FN3O2/c19-16-6-2-1-4-14(16)12-17(23)21-8-10-22(11-9-21)18(24)13-15-5-3-7-20-15/h1-7,20H,8-13H2. The van der Waals surface area contributed by atoms with E-state index < -0.39 is 0 Å². The van der Waals surface area contributed by atoms with E-state index in [-0.39, 0.29) is 24.1 Å². The zero-order chi connectivity index (χ0) is 16.9. The molecular formula is C18H20FN3O2. The summed E-state index contributed by atoms with van der Waals surface area (Å²) >= 11 is 0. The van der Waals surface area contributed by atoms with E-state index in [1.807, 2.05) is 12.1 Å². The molecule has 1 aliphatic heterocycles. The van der Waals surface area contributed by atoms with Crippen LogP contribution in [0.2, 0.25) is 0 Å². The average Bonchev–Trinajstić information content (AvgIpc) is 3.10. The van der Waals surface area contributed by atoms with Gasteiger partial charge < -0.3 is 14.8 Å². The number of nitrogens with one attached hydrogen (secondary N) is 1. The third-order valence-corrected chi connectivity index (χ3v) is 4.29. The maximum Gasteiger partial charge on any atom is 0.228 e. The van der Waals surface area contributed by atoms with Gasteiger partial charge in [0.2, 0.25) is 11.8 Å². The fraction of sp³-hybridized carbons (Fsp3) is 0.333. The molecule has 5 nitrogen and oxygen atoms in total. The van der Waals surface area contributed by atoms with Gasteiger partial charge in [0, 0.05) is 38.1 Å². The zero-order valence-corrected chi connectivity index (χ0v) is 13.4. The molecule has 0 spiro atoms. The molecule has 2 amide bonds. The normalized spacial score (nSPS) is 14.7. The smallest absolute Gasteiger partial charge is 0.228 e. The number of benzene rings is 1. The van der Waals surface area contributed by atoms with Gasteiger partial charge in [-0.15, -0.1) is 0 Å². The summed E-state index contributed by atoms with van der Waals surface area (Å²) in [4.78, 5) is 31.0. The van der Waals surface area contributed by atoms with Crippen LogP contribution in [0.15, 0.2) is 42.6 Å². The molecule has 3 rings (SSSR count). The van der Waals surface area contributed by atoms with Crippen molar-refractivity contribution < 1.29 is 14.0 Å². The lowest BCUT2D eigenvalue weighted by Gasteiger charge is -2.35. The van der Waals surface area contributed by atoms with Crippen LogP contribution in [0.5, 0.6) is 0 Å². The summed E-state index contributed by atoms with van der Waals surface area (Å²) < 4.78 is 13.6. The minimum atomic E-state index is -0.356. The quantitative estimate of drug-likeness (QED) is 0.926. The van der Waals surface area contributed by atoms with E-state index >= 15 is 0 Å². The number of aromatic nitrogens is 1. The Morgan fingerprint density at radius 2 is 1.54 bits per heavy atom. The van der Waals surface area contributed by atoms with Gasteiger partial charge in [-0.3, -0.25) is 9.59 Å². The van der Waals surface area contributed by atoms with Crippen molar-refractivity contribution in [2.24, 2.45) is 0 Å². The molecule has 1 aromatic heterocycles. The highest BCUT2D eigenvalue weighted by Crippen LogP contribution is 2.11. The molecule has 0 saturated carbocycles. The summed E-state index contributed by atoms with van der Waals surface area (Å²) in [5.41, 5.74) is 1.30. The number of halogens is 1. The van der Waals surface area contributed by atoms with Gasteiger partial charge in [0.1, 0.15) is 5.82 Å². The molecule has 1 saturated heterocycles. The van der Waals surface area contributed by atoms with E-state index in [2.05, 4.69) is 4.98 Å². The summed E-state index contributed by atoms with van der Waals surface area (Å²) in [5.74, 6) is -0.402. The van der Waals surface area contributed by atoms with Crippen LogP contribution >= 0.6 is 0 Å². The summed E-state index contributed by atoms with van der Waals surface area (Å²) in [6.45, 7) is 2.01. The number of nitrogens with zero attached hydrogens (tertiary/aromatic N) is 2. The lowest BCUT2D eigenvalue weighted by molar-refractivity contribution is -0.138. The van der Waals surface area contributed by atoms with E-state index in [0.29, 0.717) is 38.2 Å². The molecule has 1 aromatic carbocycles. The minimum absolute atomic E-state index is 0.0543. The summed E-state index contributed by atoms with van der Waals surface area (Å²) in [5, 5.41) is 0. The van der Waals surface area contributed by atoms with Gasteiger partial charge in [-0.1, -0.05) is 18.2 Å². The van der Waals surface area contributed by atoms with Crippen LogP contribution in [0.25, 0.3) is 0 Å². The third-order valence-electron chi connectivity index (χ3n) is 4.29. The number of piperazine rings is 1. The van der Waals surface area contributed by atoms with Crippen molar-refractivity contribution in [3.05, 3.63) is 59.7 Å². The van der Waals surface area contributed by atoms with Gasteiger partial charge >= 0.3 is 0 Å². The topological polar surface area (TPSA) is 56.4 Å². The largest absolute Gasteiger partial charge is 0.365 e. The Hall–Kier alpha value is -2.63. The molecule has 2 aromatic rings. The Kier molecular flexibility index (Phi) is 4.93. The number of rotatable bonds is 4. The van der Waals surface area contributed by atoms with Gasteiger partial charge in [-0.05, 0) is 23.8 Å². The molecule has 0 aliphatic carbocycles. The van der Waals surface area contributed by atoms with E-state index in [1.165, 1.54) is 6.07 Å². The highest BCUT2D eigenvalue weighted by Gasteiger charge is 2.24. The van der Waals surface area contributed by atoms with Gasteiger partial charge in [0.05, 0.1) is 12.8 Å². The molecule has 0 radical (unpaired) electrons. The fourth-order valence-corrected chi connectivity index (χ4v) is 2.87. The van der Waals surface area contributed by atoms with Crippen molar-refractivity contribution >= 4 is 11.8 Å². The number of carbonyl (C=O) groups excluding carboxylic acids is 2. The maximum absolute atomic E-state index is 13.6. The predicted octanol–water partition coefficient (Wildman–Crippen LogP) is 1.61. The van der Waals surface area contributed by atoms with Crippen LogP contribution in [-0.2, 0) is 22.4 Å². The first-order chi connectivity index (χ1) is 11.6. The van der Waals surface area contributed by atoms with E-state index in [1.54, 1.807) is 34.2 Å². The van der Waals surface area contributed by atoms with Gasteiger partial charge in [-0.2, -0.15) is 0 Å². The van der Waals surface area contributed by atoms with Crippen molar-refractivity contribution in [2.45, 2.75) is 12.8 Å². The van der Waals surface area contributed by atoms with Gasteiger partial charge in [0.15, 0.2) is 0 Å². The molecule has 1 N–H and O–H groups in total. The van der Waals surface area contributed by atoms with E-state index in [0.717, 1.165) is 5.69 Å². The highest BCUT2D eigenvalue weighted by molar-refractivity contribution is 5.80. The zero-order valence-electron chi connectivity index (χ0n) is 13.4. The molecule has 24 heavy (non-hydrogen) atoms. The summed E-state index contributed by atoms with van der Waals surface area (Å²) in [6, 6.07) is 10.1. The van der Waals surface area contributed by atoms with Crippen molar-refractivity contribution in [1.82, 2.24) is 14.8 Å². The van der Waals surface area contributed by atoms with Crippen LogP contribution in [0.4, 0.5) is 4.39 Å². The molecule has 1 fully saturated rings. The van der Waals surface area contributed by atoms with Crippen molar-refractivity contribution in [3.63, 3.8) is 0 Å². The minimum Gasteiger partial charge on any atom is -0.365 e. The first-order valence-electron chi connectivity index (χ1n) is 8.04. The molecule has 6 heteroatoms. The molecule has 2 heterocycles. The number of aromatic amines is 1. The lowest BCUT2D eigenvalue weighted by Crippen LogP contribution is -2.51. The van der Waals surface area contributed by atoms with E-state index in [4.69, 9.17) is 0 Å². The number of H-pyrrole nitrogens is 1. The Balaban J connectivity index is 1.50. The van der Waals surface area contributed by atoms with Gasteiger partial charge in [0.25, 0.3) is 0 Å². The molecule has 0 atom stereocenters. The number of amides is 2. The second kappa shape index (κ2) is 7.29. The van der Waals surface area contributed by atoms with E-state index in [9.17, 15) is 14.0 Å². The van der Waals surface area contributed by atoms with Crippen LogP contribution in [-0.4, -0.2) is 52.8 Å². The predicted molar refractivity (Wildman–Crippen MR) is 87.8 cm³/mol. The molecule has 126 valence electrons. The average molecular weight is 329 g/mol. The Bertz CT molecular complexity index is 707. The monoisotopic (exact) mass is 329 g/mol. The Labute approximate surface area is 140 Å². The first-order valence-corrected chi connectivity index (χ1v) is 8.04. The van der Waals surface area contributed by atoms with Gasteiger partial charge in [-0.25, -0.2) is 4.39 Å². The molecular weight excluding hydrogens is 309 g/mol. The first kappa shape index (κ1) is 16.2. The van der Waals surface area contributed by atoms with Crippen molar-refractivity contribution in [2.75, 3.05) is 26.2 Å². The molecule has 0 bridgehead atoms. The van der Waals surface area contributed by atoms with Crippen molar-refractivity contribution in [1.29, 1.82) is 0 Å². The third kappa shape index (κ3) is 3.82. The summed E-state index contributed by atoms with van der Waals surface area (Å²) in [6.07, 6.45) is 2.20. The molecule has 1 aliphatic rings. The van der Waals surface area contributed by atoms with Crippen LogP contribution < -0.4 is 0 Å². The van der Waals surface area contributed by atoms with Crippen molar-refractivity contribution in [3.8, 4) is 0 Å². The number of hydrogen-bond donors (Lipinski definition) is 1. The summed E-state index contributed by atoms with van der Waals surface area (Å²) in [7, 11) is 0. The fourth-order valence-electron chi connectivity index (χ4n) is 2.87.